The highest BCUT2D eigenvalue weighted by Gasteiger charge is 2.46. The van der Waals surface area contributed by atoms with Crippen molar-refractivity contribution in [2.24, 2.45) is 0 Å². The molecule has 1 aliphatic rings. The molecule has 242 valence electrons. The van der Waals surface area contributed by atoms with Gasteiger partial charge in [0.25, 0.3) is 0 Å². The van der Waals surface area contributed by atoms with E-state index in [0.29, 0.717) is 0 Å². The Bertz CT molecular complexity index is 1840. The molecule has 47 heavy (non-hydrogen) atoms. The van der Waals surface area contributed by atoms with Gasteiger partial charge in [-0.1, -0.05) is 127 Å². The molecule has 0 heterocycles. The maximum Gasteiger partial charge on any atom is 0.116 e. The number of hydrogen-bond acceptors (Lipinski definition) is 2. The quantitative estimate of drug-likeness (QED) is 0.177. The van der Waals surface area contributed by atoms with Crippen LogP contribution in [-0.4, -0.2) is 10.2 Å². The SMILES string of the molecule is CC.CC.CCCCc1ccc2c(c1)-c1cc(CCCC)ccc1C2(c1ccc2cc(O)ccc2c1)c1ccc2cc(O)ccc2c1. The first-order chi connectivity index (χ1) is 23.0. The predicted molar refractivity (Wildman–Crippen MR) is 202 cm³/mol. The molecule has 0 radical (unpaired) electrons. The molecule has 2 N–H and O–H groups in total. The highest BCUT2D eigenvalue weighted by Crippen LogP contribution is 2.57. The molecular weight excluding hydrogens is 572 g/mol. The van der Waals surface area contributed by atoms with Crippen LogP contribution in [0.4, 0.5) is 0 Å². The maximum atomic E-state index is 10.2. The summed E-state index contributed by atoms with van der Waals surface area (Å²) in [6, 6.07) is 39.0. The average molecular weight is 623 g/mol. The van der Waals surface area contributed by atoms with Gasteiger partial charge in [-0.05, 0) is 128 Å². The van der Waals surface area contributed by atoms with Crippen LogP contribution >= 0.6 is 0 Å². The zero-order valence-electron chi connectivity index (χ0n) is 29.0. The molecule has 7 rings (SSSR count). The van der Waals surface area contributed by atoms with Gasteiger partial charge >= 0.3 is 0 Å². The Morgan fingerprint density at radius 3 is 1.23 bits per heavy atom. The van der Waals surface area contributed by atoms with Crippen molar-refractivity contribution in [3.05, 3.63) is 143 Å². The second kappa shape index (κ2) is 14.9. The van der Waals surface area contributed by atoms with Gasteiger partial charge in [-0.3, -0.25) is 0 Å². The van der Waals surface area contributed by atoms with Gasteiger partial charge in [0.15, 0.2) is 0 Å². The zero-order valence-corrected chi connectivity index (χ0v) is 29.0. The van der Waals surface area contributed by atoms with Gasteiger partial charge in [0.1, 0.15) is 11.5 Å². The highest BCUT2D eigenvalue weighted by molar-refractivity contribution is 5.92. The Morgan fingerprint density at radius 1 is 0.447 bits per heavy atom. The lowest BCUT2D eigenvalue weighted by Crippen LogP contribution is -2.28. The Kier molecular flexibility index (Phi) is 10.7. The number of phenolic OH excluding ortho intramolecular Hbond substituents is 2. The summed E-state index contributed by atoms with van der Waals surface area (Å²) < 4.78 is 0. The van der Waals surface area contributed by atoms with E-state index in [4.69, 9.17) is 0 Å². The molecule has 0 fully saturated rings. The van der Waals surface area contributed by atoms with Gasteiger partial charge < -0.3 is 10.2 Å². The highest BCUT2D eigenvalue weighted by atomic mass is 16.3. The first kappa shape index (κ1) is 33.8. The molecule has 0 aromatic heterocycles. The average Bonchev–Trinajstić information content (AvgIpc) is 3.40. The Morgan fingerprint density at radius 2 is 0.830 bits per heavy atom. The molecule has 0 unspecified atom stereocenters. The molecule has 0 amide bonds. The van der Waals surface area contributed by atoms with Crippen LogP contribution in [0, 0.1) is 0 Å². The van der Waals surface area contributed by atoms with Crippen LogP contribution in [0.3, 0.4) is 0 Å². The minimum Gasteiger partial charge on any atom is -0.508 e. The zero-order chi connectivity index (χ0) is 33.6. The first-order valence-electron chi connectivity index (χ1n) is 17.7. The topological polar surface area (TPSA) is 40.5 Å². The third-order valence-electron chi connectivity index (χ3n) is 9.42. The Balaban J connectivity index is 0.00000105. The molecular formula is C45H50O2. The van der Waals surface area contributed by atoms with Gasteiger partial charge in [-0.25, -0.2) is 0 Å². The Labute approximate surface area is 281 Å². The van der Waals surface area contributed by atoms with Crippen LogP contribution in [-0.2, 0) is 18.3 Å². The molecule has 0 aliphatic heterocycles. The third-order valence-corrected chi connectivity index (χ3v) is 9.42. The predicted octanol–water partition coefficient (Wildman–Crippen LogP) is 12.5. The molecule has 2 heteroatoms. The van der Waals surface area contributed by atoms with Crippen molar-refractivity contribution in [3.63, 3.8) is 0 Å². The van der Waals surface area contributed by atoms with E-state index in [2.05, 4.69) is 86.6 Å². The van der Waals surface area contributed by atoms with Gasteiger partial charge in [0.05, 0.1) is 5.41 Å². The molecule has 6 aromatic carbocycles. The molecule has 0 atom stereocenters. The van der Waals surface area contributed by atoms with Crippen LogP contribution in [0.2, 0.25) is 0 Å². The van der Waals surface area contributed by atoms with Crippen molar-refractivity contribution >= 4 is 21.5 Å². The lowest BCUT2D eigenvalue weighted by atomic mass is 9.67. The normalized spacial score (nSPS) is 12.5. The number of hydrogen-bond donors (Lipinski definition) is 2. The van der Waals surface area contributed by atoms with E-state index in [-0.39, 0.29) is 11.5 Å². The van der Waals surface area contributed by atoms with Crippen LogP contribution in [0.1, 0.15) is 101 Å². The minimum atomic E-state index is -0.518. The summed E-state index contributed by atoms with van der Waals surface area (Å²) in [5, 5.41) is 24.6. The summed E-state index contributed by atoms with van der Waals surface area (Å²) in [6.07, 6.45) is 6.89. The number of rotatable bonds is 8. The van der Waals surface area contributed by atoms with Crippen molar-refractivity contribution in [2.45, 2.75) is 85.5 Å². The molecule has 0 saturated carbocycles. The van der Waals surface area contributed by atoms with E-state index in [1.165, 1.54) is 70.2 Å². The molecule has 0 bridgehead atoms. The van der Waals surface area contributed by atoms with Gasteiger partial charge in [0.2, 0.25) is 0 Å². The fraction of sp³-hybridized carbons (Fsp3) is 0.289. The van der Waals surface area contributed by atoms with Crippen molar-refractivity contribution in [1.29, 1.82) is 0 Å². The lowest BCUT2D eigenvalue weighted by Gasteiger charge is -2.34. The number of aryl methyl sites for hydroxylation is 2. The first-order valence-corrected chi connectivity index (χ1v) is 17.7. The number of phenols is 2. The maximum absolute atomic E-state index is 10.2. The fourth-order valence-electron chi connectivity index (χ4n) is 7.22. The van der Waals surface area contributed by atoms with E-state index in [1.54, 1.807) is 12.1 Å². The number of aromatic hydroxyl groups is 2. The summed E-state index contributed by atoms with van der Waals surface area (Å²) in [5.74, 6) is 0.562. The third kappa shape index (κ3) is 6.26. The minimum absolute atomic E-state index is 0.281. The number of unbranched alkanes of at least 4 members (excludes halogenated alkanes) is 2. The molecule has 1 aliphatic carbocycles. The number of fused-ring (bicyclic) bond motifs is 5. The van der Waals surface area contributed by atoms with Gasteiger partial charge in [-0.15, -0.1) is 0 Å². The fourth-order valence-corrected chi connectivity index (χ4v) is 7.22. The molecule has 0 saturated heterocycles. The summed E-state index contributed by atoms with van der Waals surface area (Å²) in [5.41, 5.74) is 9.98. The van der Waals surface area contributed by atoms with E-state index in [0.717, 1.165) is 34.4 Å². The van der Waals surface area contributed by atoms with Gasteiger partial charge in [0, 0.05) is 0 Å². The molecule has 2 nitrogen and oxygen atoms in total. The van der Waals surface area contributed by atoms with Gasteiger partial charge in [-0.2, -0.15) is 0 Å². The second-order valence-corrected chi connectivity index (χ2v) is 12.2. The van der Waals surface area contributed by atoms with Crippen LogP contribution in [0.15, 0.2) is 109 Å². The van der Waals surface area contributed by atoms with Crippen molar-refractivity contribution < 1.29 is 10.2 Å². The molecule has 6 aromatic rings. The van der Waals surface area contributed by atoms with Crippen LogP contribution in [0.5, 0.6) is 11.5 Å². The van der Waals surface area contributed by atoms with E-state index >= 15 is 0 Å². The summed E-state index contributed by atoms with van der Waals surface area (Å²) >= 11 is 0. The smallest absolute Gasteiger partial charge is 0.116 e. The molecule has 0 spiro atoms. The van der Waals surface area contributed by atoms with E-state index in [9.17, 15) is 10.2 Å². The lowest BCUT2D eigenvalue weighted by molar-refractivity contribution is 0.475. The summed E-state index contributed by atoms with van der Waals surface area (Å²) in [7, 11) is 0. The Hall–Kier alpha value is -4.56. The van der Waals surface area contributed by atoms with E-state index < -0.39 is 5.41 Å². The largest absolute Gasteiger partial charge is 0.508 e. The van der Waals surface area contributed by atoms with Crippen molar-refractivity contribution in [2.75, 3.05) is 0 Å². The summed E-state index contributed by atoms with van der Waals surface area (Å²) in [4.78, 5) is 0. The number of benzene rings is 6. The summed E-state index contributed by atoms with van der Waals surface area (Å²) in [6.45, 7) is 12.5. The standard InChI is InChI=1S/C41H38O2.2C2H6/c1-3-5-7-27-9-19-39-37(21-27)38-22-28(8-6-4-2)10-20-40(38)41(39,33-15-11-31-25-35(42)17-13-29(31)23-33)34-16-12-32-26-36(43)18-14-30(32)24-34;2*1-2/h9-26,42-43H,3-8H2,1-2H3;2*1-2H3. The van der Waals surface area contributed by atoms with Crippen LogP contribution in [0.25, 0.3) is 32.7 Å². The van der Waals surface area contributed by atoms with Crippen LogP contribution < -0.4 is 0 Å². The second-order valence-electron chi connectivity index (χ2n) is 12.2. The van der Waals surface area contributed by atoms with E-state index in [1.807, 2.05) is 52.0 Å². The van der Waals surface area contributed by atoms with Crippen molar-refractivity contribution in [3.8, 4) is 22.6 Å². The van der Waals surface area contributed by atoms with Crippen molar-refractivity contribution in [1.82, 2.24) is 0 Å². The monoisotopic (exact) mass is 622 g/mol.